The molecule has 3 rings (SSSR count). The Kier molecular flexibility index (Phi) is 5.67. The fraction of sp³-hybridized carbons (Fsp3) is 0.579. The zero-order valence-corrected chi connectivity index (χ0v) is 16.7. The van der Waals surface area contributed by atoms with Gasteiger partial charge in [0.2, 0.25) is 0 Å². The molecule has 0 bridgehead atoms. The maximum atomic E-state index is 12.8. The molecule has 2 heterocycles. The second kappa shape index (κ2) is 7.80. The highest BCUT2D eigenvalue weighted by Gasteiger charge is 2.29. The largest absolute Gasteiger partial charge is 0.495 e. The Hall–Kier alpha value is -1.86. The first-order chi connectivity index (χ1) is 12.4. The van der Waals surface area contributed by atoms with Gasteiger partial charge in [0, 0.05) is 6.54 Å². The number of ether oxygens (including phenoxy) is 2. The van der Waals surface area contributed by atoms with Gasteiger partial charge in [0.1, 0.15) is 5.75 Å². The Labute approximate surface area is 158 Å². The van der Waals surface area contributed by atoms with E-state index in [0.29, 0.717) is 11.7 Å². The SMILES string of the molecule is COc1cccc2nc(NC(=O)N3CCCC[C@@H]3COC(C)(C)C)sc12. The average molecular weight is 378 g/mol. The van der Waals surface area contributed by atoms with Gasteiger partial charge in [-0.15, -0.1) is 0 Å². The number of carbonyl (C=O) groups is 1. The van der Waals surface area contributed by atoms with Crippen LogP contribution in [-0.2, 0) is 4.74 Å². The second-order valence-corrected chi connectivity index (χ2v) is 8.52. The van der Waals surface area contributed by atoms with Crippen LogP contribution in [0.15, 0.2) is 18.2 Å². The van der Waals surface area contributed by atoms with Crippen molar-refractivity contribution in [3.8, 4) is 5.75 Å². The van der Waals surface area contributed by atoms with E-state index < -0.39 is 0 Å². The average Bonchev–Trinajstić information content (AvgIpc) is 3.01. The molecule has 0 unspecified atom stereocenters. The standard InChI is InChI=1S/C19H27N3O3S/c1-19(2,3)25-12-13-8-5-6-11-22(13)18(23)21-17-20-14-9-7-10-15(24-4)16(14)26-17/h7,9-10,13H,5-6,8,11-12H2,1-4H3,(H,20,21,23)/t13-/m1/s1. The zero-order chi connectivity index (χ0) is 18.7. The van der Waals surface area contributed by atoms with E-state index in [2.05, 4.69) is 10.3 Å². The van der Waals surface area contributed by atoms with Crippen molar-refractivity contribution < 1.29 is 14.3 Å². The molecule has 1 aromatic carbocycles. The molecule has 6 nitrogen and oxygen atoms in total. The van der Waals surface area contributed by atoms with E-state index in [9.17, 15) is 4.79 Å². The van der Waals surface area contributed by atoms with Gasteiger partial charge in [-0.2, -0.15) is 0 Å². The van der Waals surface area contributed by atoms with E-state index >= 15 is 0 Å². The summed E-state index contributed by atoms with van der Waals surface area (Å²) in [5.41, 5.74) is 0.624. The molecule has 142 valence electrons. The molecule has 1 fully saturated rings. The highest BCUT2D eigenvalue weighted by atomic mass is 32.1. The van der Waals surface area contributed by atoms with Gasteiger partial charge in [-0.25, -0.2) is 9.78 Å². The lowest BCUT2D eigenvalue weighted by atomic mass is 10.0. The molecule has 1 aromatic heterocycles. The first-order valence-corrected chi connectivity index (χ1v) is 9.84. The summed E-state index contributed by atoms with van der Waals surface area (Å²) < 4.78 is 12.2. The summed E-state index contributed by atoms with van der Waals surface area (Å²) in [6.45, 7) is 7.42. The van der Waals surface area contributed by atoms with Crippen molar-refractivity contribution in [1.82, 2.24) is 9.88 Å². The lowest BCUT2D eigenvalue weighted by Crippen LogP contribution is -2.48. The number of fused-ring (bicyclic) bond motifs is 1. The van der Waals surface area contributed by atoms with Crippen molar-refractivity contribution in [2.45, 2.75) is 51.7 Å². The summed E-state index contributed by atoms with van der Waals surface area (Å²) >= 11 is 1.43. The predicted molar refractivity (Wildman–Crippen MR) is 105 cm³/mol. The van der Waals surface area contributed by atoms with Gasteiger partial charge < -0.3 is 14.4 Å². The number of rotatable bonds is 4. The topological polar surface area (TPSA) is 63.7 Å². The molecule has 1 atom stereocenters. The number of likely N-dealkylation sites (tertiary alicyclic amines) is 1. The predicted octanol–water partition coefficient (Wildman–Crippen LogP) is 4.51. The summed E-state index contributed by atoms with van der Waals surface area (Å²) in [6.07, 6.45) is 3.12. The Morgan fingerprint density at radius 1 is 1.38 bits per heavy atom. The molecule has 1 aliphatic heterocycles. The molecule has 0 spiro atoms. The van der Waals surface area contributed by atoms with Gasteiger partial charge in [0.15, 0.2) is 5.13 Å². The number of nitrogens with zero attached hydrogens (tertiary/aromatic N) is 2. The molecule has 0 aliphatic carbocycles. The lowest BCUT2D eigenvalue weighted by Gasteiger charge is -2.36. The van der Waals surface area contributed by atoms with E-state index in [4.69, 9.17) is 9.47 Å². The number of nitrogens with one attached hydrogen (secondary N) is 1. The first-order valence-electron chi connectivity index (χ1n) is 9.02. The third-order valence-corrected chi connectivity index (χ3v) is 5.41. The van der Waals surface area contributed by atoms with E-state index in [1.54, 1.807) is 7.11 Å². The van der Waals surface area contributed by atoms with Crippen molar-refractivity contribution in [1.29, 1.82) is 0 Å². The van der Waals surface area contributed by atoms with E-state index in [0.717, 1.165) is 41.8 Å². The maximum absolute atomic E-state index is 12.8. The molecular formula is C19H27N3O3S. The van der Waals surface area contributed by atoms with Gasteiger partial charge in [-0.1, -0.05) is 17.4 Å². The fourth-order valence-electron chi connectivity index (χ4n) is 3.09. The zero-order valence-electron chi connectivity index (χ0n) is 15.9. The molecule has 2 aromatic rings. The van der Waals surface area contributed by atoms with E-state index in [1.165, 1.54) is 11.3 Å². The van der Waals surface area contributed by atoms with Crippen molar-refractivity contribution >= 4 is 32.7 Å². The molecule has 1 saturated heterocycles. The van der Waals surface area contributed by atoms with Crippen LogP contribution in [0.3, 0.4) is 0 Å². The summed E-state index contributed by atoms with van der Waals surface area (Å²) in [5.74, 6) is 0.773. The van der Waals surface area contributed by atoms with Crippen LogP contribution in [-0.4, -0.2) is 47.8 Å². The van der Waals surface area contributed by atoms with Crippen LogP contribution in [0.5, 0.6) is 5.75 Å². The number of methoxy groups -OCH3 is 1. The smallest absolute Gasteiger partial charge is 0.323 e. The van der Waals surface area contributed by atoms with Crippen LogP contribution >= 0.6 is 11.3 Å². The Morgan fingerprint density at radius 3 is 2.92 bits per heavy atom. The second-order valence-electron chi connectivity index (χ2n) is 7.52. The van der Waals surface area contributed by atoms with Crippen LogP contribution in [0, 0.1) is 0 Å². The highest BCUT2D eigenvalue weighted by molar-refractivity contribution is 7.22. The molecule has 7 heteroatoms. The van der Waals surface area contributed by atoms with Gasteiger partial charge in [-0.05, 0) is 52.2 Å². The summed E-state index contributed by atoms with van der Waals surface area (Å²) in [5, 5.41) is 3.56. The minimum absolute atomic E-state index is 0.104. The number of aromatic nitrogens is 1. The summed E-state index contributed by atoms with van der Waals surface area (Å²) in [7, 11) is 1.64. The quantitative estimate of drug-likeness (QED) is 0.852. The third-order valence-electron chi connectivity index (χ3n) is 4.41. The molecular weight excluding hydrogens is 350 g/mol. The van der Waals surface area contributed by atoms with Gasteiger partial charge in [0.25, 0.3) is 0 Å². The molecule has 0 radical (unpaired) electrons. The Bertz CT molecular complexity index is 769. The Balaban J connectivity index is 1.71. The van der Waals surface area contributed by atoms with Crippen LogP contribution in [0.1, 0.15) is 40.0 Å². The summed E-state index contributed by atoms with van der Waals surface area (Å²) in [4.78, 5) is 19.2. The number of amides is 2. The molecule has 1 N–H and O–H groups in total. The first kappa shape index (κ1) is 18.9. The number of urea groups is 1. The molecule has 1 aliphatic rings. The lowest BCUT2D eigenvalue weighted by molar-refractivity contribution is -0.0341. The van der Waals surface area contributed by atoms with Gasteiger partial charge >= 0.3 is 6.03 Å². The van der Waals surface area contributed by atoms with Crippen molar-refractivity contribution in [2.75, 3.05) is 25.6 Å². The molecule has 0 saturated carbocycles. The number of anilines is 1. The number of hydrogen-bond donors (Lipinski definition) is 1. The van der Waals surface area contributed by atoms with Crippen LogP contribution in [0.25, 0.3) is 10.2 Å². The van der Waals surface area contributed by atoms with Crippen LogP contribution in [0.2, 0.25) is 0 Å². The van der Waals surface area contributed by atoms with Crippen LogP contribution in [0.4, 0.5) is 9.93 Å². The minimum Gasteiger partial charge on any atom is -0.495 e. The molecule has 2 amide bonds. The van der Waals surface area contributed by atoms with Gasteiger partial charge in [0.05, 0.1) is 35.6 Å². The maximum Gasteiger partial charge on any atom is 0.323 e. The number of carbonyl (C=O) groups excluding carboxylic acids is 1. The summed E-state index contributed by atoms with van der Waals surface area (Å²) in [6, 6.07) is 5.72. The number of hydrogen-bond acceptors (Lipinski definition) is 5. The van der Waals surface area contributed by atoms with Gasteiger partial charge in [-0.3, -0.25) is 5.32 Å². The molecule has 26 heavy (non-hydrogen) atoms. The van der Waals surface area contributed by atoms with Crippen LogP contribution < -0.4 is 10.1 Å². The Morgan fingerprint density at radius 2 is 2.19 bits per heavy atom. The number of piperidine rings is 1. The van der Waals surface area contributed by atoms with Crippen molar-refractivity contribution in [3.63, 3.8) is 0 Å². The number of benzene rings is 1. The third kappa shape index (κ3) is 4.45. The highest BCUT2D eigenvalue weighted by Crippen LogP contribution is 2.33. The monoisotopic (exact) mass is 377 g/mol. The van der Waals surface area contributed by atoms with Crippen molar-refractivity contribution in [2.24, 2.45) is 0 Å². The number of thiazole rings is 1. The fourth-order valence-corrected chi connectivity index (χ4v) is 4.03. The minimum atomic E-state index is -0.205. The van der Waals surface area contributed by atoms with Crippen molar-refractivity contribution in [3.05, 3.63) is 18.2 Å². The van der Waals surface area contributed by atoms with E-state index in [-0.39, 0.29) is 17.7 Å². The van der Waals surface area contributed by atoms with E-state index in [1.807, 2.05) is 43.9 Å². The normalized spacial score (nSPS) is 18.2.